The minimum absolute atomic E-state index is 0. The topological polar surface area (TPSA) is 75.4 Å². The zero-order valence-electron chi connectivity index (χ0n) is 20.6. The molecule has 0 bridgehead atoms. The number of ether oxygens (including phenoxy) is 1. The van der Waals surface area contributed by atoms with Crippen molar-refractivity contribution in [1.29, 1.82) is 0 Å². The van der Waals surface area contributed by atoms with E-state index in [1.54, 1.807) is 6.07 Å². The van der Waals surface area contributed by atoms with Crippen LogP contribution in [0, 0.1) is 5.92 Å². The van der Waals surface area contributed by atoms with Gasteiger partial charge in [0.05, 0.1) is 5.97 Å². The molecular formula is C30H28NNaO4. The molecule has 1 heterocycles. The average molecular weight is 490 g/mol. The quantitative estimate of drug-likeness (QED) is 0.356. The molecule has 0 radical (unpaired) electrons. The number of nitrogens with zero attached hydrogens (tertiary/aromatic N) is 1. The Kier molecular flexibility index (Phi) is 9.03. The van der Waals surface area contributed by atoms with Crippen molar-refractivity contribution in [2.24, 2.45) is 5.92 Å². The maximum Gasteiger partial charge on any atom is 1.00 e. The smallest absolute Gasteiger partial charge is 0.546 e. The fraction of sp³-hybridized carbons (Fsp3) is 0.267. The van der Waals surface area contributed by atoms with Gasteiger partial charge in [0.1, 0.15) is 18.1 Å². The van der Waals surface area contributed by atoms with Gasteiger partial charge in [0.2, 0.25) is 0 Å². The van der Waals surface area contributed by atoms with Crippen molar-refractivity contribution >= 4 is 5.97 Å². The van der Waals surface area contributed by atoms with Gasteiger partial charge in [-0.3, -0.25) is 0 Å². The summed E-state index contributed by atoms with van der Waals surface area (Å²) in [6.45, 7) is -0.446. The third kappa shape index (κ3) is 6.28. The van der Waals surface area contributed by atoms with Crippen LogP contribution in [0.1, 0.15) is 43.1 Å². The molecule has 4 aromatic rings. The van der Waals surface area contributed by atoms with Gasteiger partial charge in [-0.25, -0.2) is 4.98 Å². The Morgan fingerprint density at radius 3 is 2.33 bits per heavy atom. The molecule has 5 nitrogen and oxygen atoms in total. The Bertz CT molecular complexity index is 1220. The number of aromatic nitrogens is 1. The van der Waals surface area contributed by atoms with Crippen LogP contribution in [0.2, 0.25) is 0 Å². The van der Waals surface area contributed by atoms with Gasteiger partial charge in [-0.15, -0.1) is 0 Å². The number of hydrogen-bond acceptors (Lipinski definition) is 5. The molecule has 0 amide bonds. The van der Waals surface area contributed by atoms with Gasteiger partial charge in [-0.05, 0) is 42.4 Å². The second kappa shape index (κ2) is 12.4. The molecule has 1 fully saturated rings. The molecule has 36 heavy (non-hydrogen) atoms. The molecule has 1 aliphatic carbocycles. The minimum atomic E-state index is -1.22. The molecular weight excluding hydrogens is 461 g/mol. The van der Waals surface area contributed by atoms with Gasteiger partial charge >= 0.3 is 29.6 Å². The molecule has 0 saturated heterocycles. The first-order chi connectivity index (χ1) is 17.2. The summed E-state index contributed by atoms with van der Waals surface area (Å²) < 4.78 is 11.8. The van der Waals surface area contributed by atoms with E-state index in [0.29, 0.717) is 17.6 Å². The summed E-state index contributed by atoms with van der Waals surface area (Å²) in [5, 5.41) is 10.8. The van der Waals surface area contributed by atoms with Gasteiger partial charge in [-0.2, -0.15) is 0 Å². The molecule has 0 aliphatic heterocycles. The largest absolute Gasteiger partial charge is 1.00 e. The second-order valence-corrected chi connectivity index (χ2v) is 9.11. The van der Waals surface area contributed by atoms with Crippen LogP contribution in [0.5, 0.6) is 5.75 Å². The van der Waals surface area contributed by atoms with E-state index in [1.807, 2.05) is 48.5 Å². The molecule has 1 saturated carbocycles. The van der Waals surface area contributed by atoms with E-state index in [9.17, 15) is 9.90 Å². The summed E-state index contributed by atoms with van der Waals surface area (Å²) in [5.41, 5.74) is 4.10. The zero-order chi connectivity index (χ0) is 24.0. The summed E-state index contributed by atoms with van der Waals surface area (Å²) in [6, 6.07) is 28.1. The summed E-state index contributed by atoms with van der Waals surface area (Å²) in [7, 11) is 0. The number of carbonyl (C=O) groups is 1. The van der Waals surface area contributed by atoms with Crippen molar-refractivity contribution in [1.82, 2.24) is 4.98 Å². The first-order valence-corrected chi connectivity index (χ1v) is 12.2. The van der Waals surface area contributed by atoms with Crippen LogP contribution in [0.15, 0.2) is 89.3 Å². The number of oxazole rings is 1. The molecule has 1 aromatic heterocycles. The van der Waals surface area contributed by atoms with Gasteiger partial charge in [-0.1, -0.05) is 85.6 Å². The van der Waals surface area contributed by atoms with Crippen molar-refractivity contribution in [2.45, 2.75) is 38.0 Å². The van der Waals surface area contributed by atoms with Crippen LogP contribution in [0.3, 0.4) is 0 Å². The van der Waals surface area contributed by atoms with Crippen LogP contribution in [0.25, 0.3) is 22.6 Å². The monoisotopic (exact) mass is 489 g/mol. The molecule has 0 spiro atoms. The van der Waals surface area contributed by atoms with Crippen molar-refractivity contribution in [3.8, 4) is 28.3 Å². The first-order valence-electron chi connectivity index (χ1n) is 12.2. The molecule has 2 atom stereocenters. The van der Waals surface area contributed by atoms with Gasteiger partial charge in [0.25, 0.3) is 0 Å². The van der Waals surface area contributed by atoms with Crippen molar-refractivity contribution in [3.63, 3.8) is 0 Å². The number of carboxylic acid groups (broad SMARTS) is 1. The van der Waals surface area contributed by atoms with E-state index < -0.39 is 12.6 Å². The SMILES string of the molecule is O=C([O-])COc1cccc(C2CCCCC2Cc2nc(-c3ccccc3)c(-c3ccccc3)o2)c1.[Na+]. The van der Waals surface area contributed by atoms with Crippen LogP contribution < -0.4 is 39.4 Å². The predicted molar refractivity (Wildman–Crippen MR) is 133 cm³/mol. The van der Waals surface area contributed by atoms with Crippen molar-refractivity contribution in [3.05, 3.63) is 96.4 Å². The predicted octanol–water partition coefficient (Wildman–Crippen LogP) is 2.66. The number of carbonyl (C=O) groups excluding carboxylic acids is 1. The molecule has 178 valence electrons. The maximum absolute atomic E-state index is 10.8. The van der Waals surface area contributed by atoms with E-state index in [2.05, 4.69) is 30.3 Å². The number of carboxylic acids is 1. The van der Waals surface area contributed by atoms with Gasteiger partial charge < -0.3 is 19.1 Å². The molecule has 5 rings (SSSR count). The Labute approximate surface area is 233 Å². The summed E-state index contributed by atoms with van der Waals surface area (Å²) in [6.07, 6.45) is 5.27. The molecule has 1 aliphatic rings. The fourth-order valence-electron chi connectivity index (χ4n) is 5.12. The molecule has 6 heteroatoms. The summed E-state index contributed by atoms with van der Waals surface area (Å²) >= 11 is 0. The number of rotatable bonds is 8. The minimum Gasteiger partial charge on any atom is -0.546 e. The van der Waals surface area contributed by atoms with Gasteiger partial charge in [0, 0.05) is 17.5 Å². The fourth-order valence-corrected chi connectivity index (χ4v) is 5.12. The van der Waals surface area contributed by atoms with Crippen LogP contribution in [-0.4, -0.2) is 17.6 Å². The van der Waals surface area contributed by atoms with E-state index >= 15 is 0 Å². The Balaban J connectivity index is 0.00000304. The van der Waals surface area contributed by atoms with Crippen LogP contribution in [0.4, 0.5) is 0 Å². The van der Waals surface area contributed by atoms with Crippen molar-refractivity contribution in [2.75, 3.05) is 6.61 Å². The third-order valence-electron chi connectivity index (χ3n) is 6.74. The zero-order valence-corrected chi connectivity index (χ0v) is 22.6. The van der Waals surface area contributed by atoms with E-state index in [4.69, 9.17) is 14.1 Å². The van der Waals surface area contributed by atoms with E-state index in [1.165, 1.54) is 18.4 Å². The van der Waals surface area contributed by atoms with Crippen molar-refractivity contribution < 1.29 is 48.6 Å². The molecule has 3 aromatic carbocycles. The van der Waals surface area contributed by atoms with E-state index in [-0.39, 0.29) is 29.6 Å². The number of benzene rings is 3. The second-order valence-electron chi connectivity index (χ2n) is 9.11. The van der Waals surface area contributed by atoms with Crippen LogP contribution >= 0.6 is 0 Å². The Hall–Kier alpha value is -2.86. The van der Waals surface area contributed by atoms with E-state index in [0.717, 1.165) is 47.7 Å². The maximum atomic E-state index is 10.8. The van der Waals surface area contributed by atoms with Gasteiger partial charge in [0.15, 0.2) is 11.7 Å². The molecule has 2 unspecified atom stereocenters. The number of hydrogen-bond donors (Lipinski definition) is 0. The first kappa shape index (κ1) is 26.2. The summed E-state index contributed by atoms with van der Waals surface area (Å²) in [4.78, 5) is 15.8. The standard InChI is InChI=1S/C30H29NO4.Na/c32-28(33)20-34-25-16-9-15-23(18-25)26-17-8-7-14-24(26)19-27-31-29(21-10-3-1-4-11-21)30(35-27)22-12-5-2-6-13-22;/h1-6,9-13,15-16,18,24,26H,7-8,14,17,19-20H2,(H,32,33);/q;+1/p-1. The summed E-state index contributed by atoms with van der Waals surface area (Å²) in [5.74, 6) is 1.61. The Morgan fingerprint density at radius 2 is 1.61 bits per heavy atom. The Morgan fingerprint density at radius 1 is 0.917 bits per heavy atom. The third-order valence-corrected chi connectivity index (χ3v) is 6.74. The normalized spacial score (nSPS) is 17.2. The van der Waals surface area contributed by atoms with Crippen LogP contribution in [-0.2, 0) is 11.2 Å². The molecule has 0 N–H and O–H groups in total. The number of aliphatic carboxylic acids is 1. The average Bonchev–Trinajstić information content (AvgIpc) is 3.33.